The molecule has 0 aromatic heterocycles. The van der Waals surface area contributed by atoms with Gasteiger partial charge in [0.25, 0.3) is 0 Å². The molecule has 2 atom stereocenters. The highest BCUT2D eigenvalue weighted by atomic mass is 16.5. The van der Waals surface area contributed by atoms with Crippen LogP contribution in [0.1, 0.15) is 46.0 Å². The molecule has 0 spiro atoms. The maximum atomic E-state index is 12.4. The van der Waals surface area contributed by atoms with E-state index >= 15 is 0 Å². The molecule has 5 nitrogen and oxygen atoms in total. The van der Waals surface area contributed by atoms with Crippen molar-refractivity contribution in [2.75, 3.05) is 26.2 Å². The van der Waals surface area contributed by atoms with Crippen LogP contribution >= 0.6 is 0 Å². The molecule has 0 N–H and O–H groups in total. The third-order valence-electron chi connectivity index (χ3n) is 4.18. The Hall–Kier alpha value is -1.10. The molecule has 0 radical (unpaired) electrons. The summed E-state index contributed by atoms with van der Waals surface area (Å²) in [5.74, 6) is 0.189. The third kappa shape index (κ3) is 3.95. The number of carbonyl (C=O) groups is 2. The van der Waals surface area contributed by atoms with Crippen molar-refractivity contribution in [3.8, 4) is 0 Å². The van der Waals surface area contributed by atoms with Crippen LogP contribution in [0.15, 0.2) is 0 Å². The molecule has 0 aliphatic carbocycles. The molecule has 2 aliphatic heterocycles. The second-order valence-electron chi connectivity index (χ2n) is 6.02. The van der Waals surface area contributed by atoms with Crippen molar-refractivity contribution >= 4 is 11.8 Å². The van der Waals surface area contributed by atoms with Crippen molar-refractivity contribution in [3.63, 3.8) is 0 Å². The number of nitrogens with zero attached hydrogens (tertiary/aromatic N) is 2. The van der Waals surface area contributed by atoms with Gasteiger partial charge in [0.05, 0.1) is 25.3 Å². The van der Waals surface area contributed by atoms with Gasteiger partial charge in [-0.25, -0.2) is 0 Å². The SMILES string of the molecule is C[C@H]1CN(C(=O)CN2CCCCCCC2=O)[C@@H](C)CO1. The van der Waals surface area contributed by atoms with E-state index in [9.17, 15) is 9.59 Å². The number of likely N-dealkylation sites (tertiary alicyclic amines) is 1. The van der Waals surface area contributed by atoms with Crippen molar-refractivity contribution in [3.05, 3.63) is 0 Å². The van der Waals surface area contributed by atoms with Gasteiger partial charge in [-0.1, -0.05) is 12.8 Å². The minimum absolute atomic E-state index is 0.0570. The van der Waals surface area contributed by atoms with Gasteiger partial charge in [0.1, 0.15) is 0 Å². The highest BCUT2D eigenvalue weighted by Gasteiger charge is 2.29. The van der Waals surface area contributed by atoms with Gasteiger partial charge in [-0.05, 0) is 26.7 Å². The normalized spacial score (nSPS) is 29.0. The first kappa shape index (κ1) is 15.3. The van der Waals surface area contributed by atoms with Crippen LogP contribution in [0.3, 0.4) is 0 Å². The van der Waals surface area contributed by atoms with Gasteiger partial charge in [-0.3, -0.25) is 9.59 Å². The summed E-state index contributed by atoms with van der Waals surface area (Å²) in [6.45, 7) is 6.14. The average molecular weight is 282 g/mol. The van der Waals surface area contributed by atoms with Crippen LogP contribution in [-0.2, 0) is 14.3 Å². The molecule has 0 unspecified atom stereocenters. The number of ether oxygens (including phenoxy) is 1. The number of hydrogen-bond acceptors (Lipinski definition) is 3. The minimum Gasteiger partial charge on any atom is -0.375 e. The van der Waals surface area contributed by atoms with Gasteiger partial charge < -0.3 is 14.5 Å². The zero-order chi connectivity index (χ0) is 14.5. The van der Waals surface area contributed by atoms with E-state index in [4.69, 9.17) is 4.74 Å². The van der Waals surface area contributed by atoms with E-state index in [-0.39, 0.29) is 30.5 Å². The lowest BCUT2D eigenvalue weighted by Gasteiger charge is -2.38. The van der Waals surface area contributed by atoms with Crippen LogP contribution in [-0.4, -0.2) is 60.0 Å². The van der Waals surface area contributed by atoms with Gasteiger partial charge in [-0.15, -0.1) is 0 Å². The summed E-state index contributed by atoms with van der Waals surface area (Å²) in [5, 5.41) is 0. The van der Waals surface area contributed by atoms with E-state index in [1.165, 1.54) is 0 Å². The number of hydrogen-bond donors (Lipinski definition) is 0. The largest absolute Gasteiger partial charge is 0.375 e. The minimum atomic E-state index is 0.0570. The predicted molar refractivity (Wildman–Crippen MR) is 76.3 cm³/mol. The molecule has 2 heterocycles. The van der Waals surface area contributed by atoms with Crippen molar-refractivity contribution in [1.29, 1.82) is 0 Å². The molecular weight excluding hydrogens is 256 g/mol. The molecule has 0 bridgehead atoms. The number of rotatable bonds is 2. The maximum absolute atomic E-state index is 12.4. The lowest BCUT2D eigenvalue weighted by molar-refractivity contribution is -0.148. The van der Waals surface area contributed by atoms with E-state index in [0.717, 1.165) is 32.2 Å². The Morgan fingerprint density at radius 1 is 1.25 bits per heavy atom. The Morgan fingerprint density at radius 2 is 2.00 bits per heavy atom. The van der Waals surface area contributed by atoms with E-state index in [1.54, 1.807) is 4.90 Å². The van der Waals surface area contributed by atoms with Crippen LogP contribution in [0, 0.1) is 0 Å². The molecule has 2 fully saturated rings. The maximum Gasteiger partial charge on any atom is 0.242 e. The van der Waals surface area contributed by atoms with Crippen LogP contribution in [0.25, 0.3) is 0 Å². The fraction of sp³-hybridized carbons (Fsp3) is 0.867. The fourth-order valence-electron chi connectivity index (χ4n) is 2.89. The molecule has 2 amide bonds. The molecule has 0 aromatic rings. The quantitative estimate of drug-likeness (QED) is 0.769. The Kier molecular flexibility index (Phi) is 5.40. The Balaban J connectivity index is 1.92. The molecule has 5 heteroatoms. The lowest BCUT2D eigenvalue weighted by atomic mass is 10.1. The molecule has 20 heavy (non-hydrogen) atoms. The fourth-order valence-corrected chi connectivity index (χ4v) is 2.89. The predicted octanol–water partition coefficient (Wildman–Crippen LogP) is 1.41. The van der Waals surface area contributed by atoms with Crippen molar-refractivity contribution in [2.45, 2.75) is 58.1 Å². The van der Waals surface area contributed by atoms with Crippen LogP contribution in [0.2, 0.25) is 0 Å². The Bertz CT molecular complexity index is 359. The topological polar surface area (TPSA) is 49.9 Å². The van der Waals surface area contributed by atoms with Crippen molar-refractivity contribution in [2.24, 2.45) is 0 Å². The Morgan fingerprint density at radius 3 is 2.80 bits per heavy atom. The summed E-state index contributed by atoms with van der Waals surface area (Å²) in [6, 6.07) is 0.101. The lowest BCUT2D eigenvalue weighted by Crippen LogP contribution is -2.53. The molecular formula is C15H26N2O3. The number of morpholine rings is 1. The van der Waals surface area contributed by atoms with Gasteiger partial charge in [0.15, 0.2) is 0 Å². The van der Waals surface area contributed by atoms with Crippen LogP contribution < -0.4 is 0 Å². The Labute approximate surface area is 121 Å². The van der Waals surface area contributed by atoms with E-state index in [2.05, 4.69) is 0 Å². The van der Waals surface area contributed by atoms with Crippen molar-refractivity contribution < 1.29 is 14.3 Å². The monoisotopic (exact) mass is 282 g/mol. The summed E-state index contributed by atoms with van der Waals surface area (Å²) in [5.41, 5.74) is 0. The van der Waals surface area contributed by atoms with Gasteiger partial charge >= 0.3 is 0 Å². The second kappa shape index (κ2) is 7.07. The first-order valence-electron chi connectivity index (χ1n) is 7.77. The zero-order valence-corrected chi connectivity index (χ0v) is 12.6. The van der Waals surface area contributed by atoms with Gasteiger partial charge in [0.2, 0.25) is 11.8 Å². The van der Waals surface area contributed by atoms with Crippen LogP contribution in [0.4, 0.5) is 0 Å². The molecule has 0 saturated carbocycles. The van der Waals surface area contributed by atoms with Gasteiger partial charge in [0, 0.05) is 19.5 Å². The first-order chi connectivity index (χ1) is 9.58. The van der Waals surface area contributed by atoms with Gasteiger partial charge in [-0.2, -0.15) is 0 Å². The number of amides is 2. The summed E-state index contributed by atoms with van der Waals surface area (Å²) < 4.78 is 5.54. The molecule has 2 aliphatic rings. The molecule has 2 saturated heterocycles. The molecule has 2 rings (SSSR count). The van der Waals surface area contributed by atoms with E-state index in [0.29, 0.717) is 19.6 Å². The summed E-state index contributed by atoms with van der Waals surface area (Å²) in [4.78, 5) is 28.1. The third-order valence-corrected chi connectivity index (χ3v) is 4.18. The first-order valence-corrected chi connectivity index (χ1v) is 7.77. The van der Waals surface area contributed by atoms with Crippen LogP contribution in [0.5, 0.6) is 0 Å². The summed E-state index contributed by atoms with van der Waals surface area (Å²) >= 11 is 0. The molecule has 114 valence electrons. The standard InChI is InChI=1S/C15H26N2O3/c1-12-11-20-13(2)9-17(12)15(19)10-16-8-6-4-3-5-7-14(16)18/h12-13H,3-11H2,1-2H3/t12-,13-/m0/s1. The highest BCUT2D eigenvalue weighted by molar-refractivity contribution is 5.85. The summed E-state index contributed by atoms with van der Waals surface area (Å²) in [7, 11) is 0. The highest BCUT2D eigenvalue weighted by Crippen LogP contribution is 2.15. The summed E-state index contributed by atoms with van der Waals surface area (Å²) in [6.07, 6.45) is 4.91. The average Bonchev–Trinajstić information content (AvgIpc) is 2.41. The smallest absolute Gasteiger partial charge is 0.242 e. The number of carbonyl (C=O) groups excluding carboxylic acids is 2. The molecule has 0 aromatic carbocycles. The van der Waals surface area contributed by atoms with Crippen molar-refractivity contribution in [1.82, 2.24) is 9.80 Å². The van der Waals surface area contributed by atoms with E-state index < -0.39 is 0 Å². The zero-order valence-electron chi connectivity index (χ0n) is 12.6. The second-order valence-corrected chi connectivity index (χ2v) is 6.02. The van der Waals surface area contributed by atoms with E-state index in [1.807, 2.05) is 18.7 Å².